The van der Waals surface area contributed by atoms with Crippen molar-refractivity contribution in [1.29, 1.82) is 0 Å². The third-order valence-electron chi connectivity index (χ3n) is 5.87. The van der Waals surface area contributed by atoms with Crippen LogP contribution in [0.5, 0.6) is 17.2 Å². The number of nitrogens with zero attached hydrogens (tertiary/aromatic N) is 1. The zero-order valence-electron chi connectivity index (χ0n) is 17.9. The van der Waals surface area contributed by atoms with Gasteiger partial charge in [0.1, 0.15) is 5.76 Å². The normalized spacial score (nSPS) is 16.2. The lowest BCUT2D eigenvalue weighted by Gasteiger charge is -2.28. The molecular formula is C23H22N2O8. The second kappa shape index (κ2) is 8.28. The van der Waals surface area contributed by atoms with Crippen molar-refractivity contribution in [1.82, 2.24) is 9.88 Å². The molecule has 1 atom stereocenters. The molecule has 10 heteroatoms. The number of nitrogens with one attached hydrogen (secondary N) is 1. The molecule has 2 aromatic heterocycles. The number of pyridine rings is 1. The molecule has 10 nitrogen and oxygen atoms in total. The summed E-state index contributed by atoms with van der Waals surface area (Å²) >= 11 is 0. The van der Waals surface area contributed by atoms with Gasteiger partial charge in [-0.1, -0.05) is 0 Å². The number of carbonyl (C=O) groups excluding carboxylic acids is 1. The molecule has 0 unspecified atom stereocenters. The van der Waals surface area contributed by atoms with Crippen LogP contribution < -0.4 is 20.5 Å². The van der Waals surface area contributed by atoms with Crippen molar-refractivity contribution in [2.45, 2.75) is 19.3 Å². The van der Waals surface area contributed by atoms with E-state index in [0.717, 1.165) is 6.07 Å². The van der Waals surface area contributed by atoms with E-state index in [4.69, 9.17) is 18.6 Å². The van der Waals surface area contributed by atoms with Crippen LogP contribution in [-0.4, -0.2) is 54.0 Å². The van der Waals surface area contributed by atoms with Crippen LogP contribution in [0.1, 0.15) is 29.4 Å². The van der Waals surface area contributed by atoms with E-state index in [2.05, 4.69) is 4.98 Å². The van der Waals surface area contributed by atoms with Crippen LogP contribution in [0.15, 0.2) is 38.3 Å². The standard InChI is InChI=1S/C23H22N2O8/c1-12-6-17(26)21(28)22(33-12)14(9-20(27)25-2-4-30-5-3-25)15-7-13-8-18-19(32-11-31-18)10-16(13)24-23(15)29/h6-8,10,14,28H,2-5,9,11H2,1H3,(H,24,29)/t14-/m0/s1. The van der Waals surface area contributed by atoms with Gasteiger partial charge < -0.3 is 33.6 Å². The monoisotopic (exact) mass is 454 g/mol. The fourth-order valence-electron chi connectivity index (χ4n) is 4.19. The summed E-state index contributed by atoms with van der Waals surface area (Å²) in [4.78, 5) is 42.9. The summed E-state index contributed by atoms with van der Waals surface area (Å²) in [6.07, 6.45) is -0.168. The van der Waals surface area contributed by atoms with E-state index in [-0.39, 0.29) is 36.2 Å². The number of aromatic amines is 1. The Morgan fingerprint density at radius 2 is 1.85 bits per heavy atom. The average Bonchev–Trinajstić information content (AvgIpc) is 3.26. The number of benzene rings is 1. The molecule has 33 heavy (non-hydrogen) atoms. The lowest BCUT2D eigenvalue weighted by atomic mass is 9.91. The highest BCUT2D eigenvalue weighted by molar-refractivity contribution is 5.84. The van der Waals surface area contributed by atoms with Crippen LogP contribution in [0.2, 0.25) is 0 Å². The summed E-state index contributed by atoms with van der Waals surface area (Å²) in [5.41, 5.74) is -0.393. The summed E-state index contributed by atoms with van der Waals surface area (Å²) in [5, 5.41) is 11.2. The molecule has 172 valence electrons. The molecule has 0 bridgehead atoms. The van der Waals surface area contributed by atoms with Gasteiger partial charge in [-0.2, -0.15) is 0 Å². The first kappa shape index (κ1) is 21.1. The number of hydrogen-bond donors (Lipinski definition) is 2. The van der Waals surface area contributed by atoms with E-state index in [0.29, 0.717) is 48.7 Å². The van der Waals surface area contributed by atoms with Gasteiger partial charge in [-0.25, -0.2) is 0 Å². The van der Waals surface area contributed by atoms with E-state index < -0.39 is 22.7 Å². The predicted octanol–water partition coefficient (Wildman–Crippen LogP) is 1.60. The first-order chi connectivity index (χ1) is 15.9. The maximum Gasteiger partial charge on any atom is 0.252 e. The smallest absolute Gasteiger partial charge is 0.252 e. The number of H-pyrrole nitrogens is 1. The van der Waals surface area contributed by atoms with E-state index in [1.807, 2.05) is 0 Å². The Hall–Kier alpha value is -3.79. The number of ether oxygens (including phenoxy) is 3. The highest BCUT2D eigenvalue weighted by atomic mass is 16.7. The van der Waals surface area contributed by atoms with Crippen molar-refractivity contribution < 1.29 is 28.5 Å². The van der Waals surface area contributed by atoms with Crippen molar-refractivity contribution in [3.8, 4) is 17.2 Å². The van der Waals surface area contributed by atoms with Crippen LogP contribution in [0.3, 0.4) is 0 Å². The quantitative estimate of drug-likeness (QED) is 0.608. The number of fused-ring (bicyclic) bond motifs is 2. The zero-order chi connectivity index (χ0) is 23.1. The number of morpholine rings is 1. The third-order valence-corrected chi connectivity index (χ3v) is 5.87. The van der Waals surface area contributed by atoms with Crippen molar-refractivity contribution in [2.75, 3.05) is 33.1 Å². The van der Waals surface area contributed by atoms with Crippen molar-refractivity contribution in [2.24, 2.45) is 0 Å². The first-order valence-corrected chi connectivity index (χ1v) is 10.6. The Balaban J connectivity index is 1.63. The number of aromatic hydroxyl groups is 1. The minimum atomic E-state index is -0.980. The number of carbonyl (C=O) groups is 1. The molecule has 5 rings (SSSR count). The molecular weight excluding hydrogens is 432 g/mol. The Kier molecular flexibility index (Phi) is 5.29. The Bertz CT molecular complexity index is 1350. The summed E-state index contributed by atoms with van der Waals surface area (Å²) in [6.45, 7) is 3.34. The average molecular weight is 454 g/mol. The fraction of sp³-hybridized carbons (Fsp3) is 0.348. The molecule has 0 saturated carbocycles. The van der Waals surface area contributed by atoms with Crippen LogP contribution >= 0.6 is 0 Å². The van der Waals surface area contributed by atoms with Crippen LogP contribution in [0.25, 0.3) is 10.9 Å². The van der Waals surface area contributed by atoms with E-state index in [1.54, 1.807) is 30.0 Å². The first-order valence-electron chi connectivity index (χ1n) is 10.6. The molecule has 0 radical (unpaired) electrons. The van der Waals surface area contributed by atoms with Crippen LogP contribution in [-0.2, 0) is 9.53 Å². The Labute approximate surface area is 187 Å². The topological polar surface area (TPSA) is 131 Å². The van der Waals surface area contributed by atoms with Crippen LogP contribution in [0, 0.1) is 6.92 Å². The van der Waals surface area contributed by atoms with Gasteiger partial charge >= 0.3 is 0 Å². The van der Waals surface area contributed by atoms with Gasteiger partial charge in [0.2, 0.25) is 23.9 Å². The van der Waals surface area contributed by atoms with Gasteiger partial charge in [-0.05, 0) is 19.1 Å². The molecule has 4 heterocycles. The number of aryl methyl sites for hydroxylation is 1. The summed E-state index contributed by atoms with van der Waals surface area (Å²) in [7, 11) is 0. The zero-order valence-corrected chi connectivity index (χ0v) is 17.9. The van der Waals surface area contributed by atoms with Gasteiger partial charge in [0.25, 0.3) is 5.56 Å². The lowest BCUT2D eigenvalue weighted by molar-refractivity contribution is -0.135. The minimum absolute atomic E-state index is 0.0851. The molecule has 2 aliphatic heterocycles. The number of rotatable bonds is 4. The third kappa shape index (κ3) is 3.93. The molecule has 1 aromatic carbocycles. The van der Waals surface area contributed by atoms with E-state index in [9.17, 15) is 19.5 Å². The van der Waals surface area contributed by atoms with Gasteiger partial charge in [-0.3, -0.25) is 14.4 Å². The second-order valence-corrected chi connectivity index (χ2v) is 8.03. The summed E-state index contributed by atoms with van der Waals surface area (Å²) in [6, 6.07) is 6.17. The minimum Gasteiger partial charge on any atom is -0.502 e. The van der Waals surface area contributed by atoms with Gasteiger partial charge in [0, 0.05) is 42.6 Å². The highest BCUT2D eigenvalue weighted by Gasteiger charge is 2.31. The SMILES string of the molecule is Cc1cc(=O)c(O)c([C@@H](CC(=O)N2CCOCC2)c2cc3cc4c(cc3[nH]c2=O)OCO4)o1. The molecule has 3 aromatic rings. The van der Waals surface area contributed by atoms with E-state index in [1.165, 1.54) is 0 Å². The summed E-state index contributed by atoms with van der Waals surface area (Å²) in [5.74, 6) is -0.642. The lowest BCUT2D eigenvalue weighted by Crippen LogP contribution is -2.41. The van der Waals surface area contributed by atoms with E-state index >= 15 is 0 Å². The van der Waals surface area contributed by atoms with Crippen LogP contribution in [0.4, 0.5) is 0 Å². The van der Waals surface area contributed by atoms with Gasteiger partial charge in [0.05, 0.1) is 24.6 Å². The maximum absolute atomic E-state index is 13.1. The highest BCUT2D eigenvalue weighted by Crippen LogP contribution is 2.37. The molecule has 2 aliphatic rings. The van der Waals surface area contributed by atoms with Crippen molar-refractivity contribution in [3.05, 3.63) is 61.9 Å². The van der Waals surface area contributed by atoms with Gasteiger partial charge in [0.15, 0.2) is 17.3 Å². The molecule has 2 N–H and O–H groups in total. The largest absolute Gasteiger partial charge is 0.502 e. The predicted molar refractivity (Wildman–Crippen MR) is 116 cm³/mol. The number of amides is 1. The van der Waals surface area contributed by atoms with Crippen molar-refractivity contribution >= 4 is 16.8 Å². The van der Waals surface area contributed by atoms with Crippen molar-refractivity contribution in [3.63, 3.8) is 0 Å². The Morgan fingerprint density at radius 1 is 1.12 bits per heavy atom. The fourth-order valence-corrected chi connectivity index (χ4v) is 4.19. The molecule has 1 saturated heterocycles. The summed E-state index contributed by atoms with van der Waals surface area (Å²) < 4.78 is 21.8. The van der Waals surface area contributed by atoms with Gasteiger partial charge in [-0.15, -0.1) is 0 Å². The number of aromatic nitrogens is 1. The Morgan fingerprint density at radius 3 is 2.61 bits per heavy atom. The number of hydrogen-bond acceptors (Lipinski definition) is 8. The molecule has 0 spiro atoms. The maximum atomic E-state index is 13.1. The molecule has 1 amide bonds. The molecule has 1 fully saturated rings. The second-order valence-electron chi connectivity index (χ2n) is 8.03. The molecule has 0 aliphatic carbocycles.